The number of nitrogens with one attached hydrogen (secondary N) is 1. The molecule has 9 nitrogen and oxygen atoms in total. The zero-order chi connectivity index (χ0) is 32.2. The van der Waals surface area contributed by atoms with Crippen LogP contribution in [-0.2, 0) is 16.1 Å². The number of fused-ring (bicyclic) bond motifs is 2. The second-order valence-electron chi connectivity index (χ2n) is 10.0. The van der Waals surface area contributed by atoms with Crippen LogP contribution in [0.1, 0.15) is 27.3 Å². The average molecular weight is 637 g/mol. The molecule has 2 aromatic carbocycles. The van der Waals surface area contributed by atoms with Gasteiger partial charge in [-0.25, -0.2) is 18.7 Å². The lowest BCUT2D eigenvalue weighted by molar-refractivity contribution is -0.265. The number of rotatable bonds is 7. The summed E-state index contributed by atoms with van der Waals surface area (Å²) in [5.41, 5.74) is -3.45. The van der Waals surface area contributed by atoms with Crippen molar-refractivity contribution >= 4 is 34.3 Å². The molecule has 4 aromatic rings. The topological polar surface area (TPSA) is 137 Å². The Kier molecular flexibility index (Phi) is 7.62. The van der Waals surface area contributed by atoms with E-state index in [0.717, 1.165) is 24.3 Å². The smallest absolute Gasteiger partial charge is 0.424 e. The summed E-state index contributed by atoms with van der Waals surface area (Å²) in [4.78, 5) is 33.4. The Morgan fingerprint density at radius 1 is 1.16 bits per heavy atom. The molecule has 0 radical (unpaired) electrons. The van der Waals surface area contributed by atoms with Gasteiger partial charge in [0.2, 0.25) is 5.60 Å². The van der Waals surface area contributed by atoms with Crippen LogP contribution < -0.4 is 20.5 Å². The molecule has 0 saturated carbocycles. The van der Waals surface area contributed by atoms with Crippen molar-refractivity contribution in [2.45, 2.75) is 24.4 Å². The number of nitrogens with zero attached hydrogens (tertiary/aromatic N) is 2. The summed E-state index contributed by atoms with van der Waals surface area (Å²) in [6, 6.07) is 8.79. The fraction of sp³-hybridized carbons (Fsp3) is 0.241. The number of alkyl halides is 4. The number of halogens is 6. The van der Waals surface area contributed by atoms with E-state index < -0.39 is 70.9 Å². The molecule has 230 valence electrons. The lowest BCUT2D eigenvalue weighted by Gasteiger charge is -2.31. The van der Waals surface area contributed by atoms with Crippen LogP contribution in [0.5, 0.6) is 11.5 Å². The standard InChI is InChI=1S/C29H22ClF5N4O5/c1-13-19(30)8-15-7-16(9-20(43-2)22(15)38-13)25(40)37-11-28(42,29(33,34)35)21-10-18-24(44-12-27(18,32)26(36)41)23(39-21)14-3-5-17(31)6-4-14/h3-10,42H,11-12H2,1-2H3,(H2,36,41)(H,37,40)/t27?,28-/m0/s1. The summed E-state index contributed by atoms with van der Waals surface area (Å²) >= 11 is 6.15. The maximum atomic E-state index is 15.7. The quantitative estimate of drug-likeness (QED) is 0.252. The highest BCUT2D eigenvalue weighted by Gasteiger charge is 2.58. The molecule has 0 saturated heterocycles. The van der Waals surface area contributed by atoms with Gasteiger partial charge >= 0.3 is 6.18 Å². The summed E-state index contributed by atoms with van der Waals surface area (Å²) in [6.45, 7) is -0.814. The van der Waals surface area contributed by atoms with E-state index in [1.807, 2.05) is 5.32 Å². The van der Waals surface area contributed by atoms with E-state index in [9.17, 15) is 32.3 Å². The first-order chi connectivity index (χ1) is 20.6. The molecule has 2 atom stereocenters. The van der Waals surface area contributed by atoms with Crippen LogP contribution in [0.25, 0.3) is 22.2 Å². The molecule has 44 heavy (non-hydrogen) atoms. The second kappa shape index (κ2) is 10.9. The number of benzene rings is 2. The van der Waals surface area contributed by atoms with Gasteiger partial charge in [-0.2, -0.15) is 13.2 Å². The number of aromatic nitrogens is 2. The number of ether oxygens (including phenoxy) is 2. The Labute approximate surface area is 250 Å². The number of hydrogen-bond acceptors (Lipinski definition) is 7. The molecule has 1 aliphatic heterocycles. The predicted molar refractivity (Wildman–Crippen MR) is 147 cm³/mol. The molecular formula is C29H22ClF5N4O5. The van der Waals surface area contributed by atoms with Gasteiger partial charge in [-0.15, -0.1) is 0 Å². The van der Waals surface area contributed by atoms with Crippen molar-refractivity contribution in [2.24, 2.45) is 5.73 Å². The Bertz CT molecular complexity index is 1820. The predicted octanol–water partition coefficient (Wildman–Crippen LogP) is 4.63. The third-order valence-electron chi connectivity index (χ3n) is 7.21. The van der Waals surface area contributed by atoms with Crippen LogP contribution in [0.4, 0.5) is 22.0 Å². The van der Waals surface area contributed by atoms with E-state index in [0.29, 0.717) is 22.7 Å². The fourth-order valence-corrected chi connectivity index (χ4v) is 4.86. The number of amides is 2. The lowest BCUT2D eigenvalue weighted by Crippen LogP contribution is -2.51. The van der Waals surface area contributed by atoms with E-state index in [1.165, 1.54) is 25.3 Å². The first-order valence-corrected chi connectivity index (χ1v) is 13.1. The van der Waals surface area contributed by atoms with E-state index in [4.69, 9.17) is 26.8 Å². The van der Waals surface area contributed by atoms with E-state index in [1.54, 1.807) is 6.92 Å². The average Bonchev–Trinajstić information content (AvgIpc) is 3.33. The van der Waals surface area contributed by atoms with Crippen LogP contribution >= 0.6 is 11.6 Å². The molecule has 0 bridgehead atoms. The summed E-state index contributed by atoms with van der Waals surface area (Å²) in [7, 11) is 1.31. The summed E-state index contributed by atoms with van der Waals surface area (Å²) in [5, 5.41) is 13.8. The summed E-state index contributed by atoms with van der Waals surface area (Å²) in [6.07, 6.45) is -5.50. The number of aryl methyl sites for hydroxylation is 1. The number of carbonyl (C=O) groups is 2. The van der Waals surface area contributed by atoms with Gasteiger partial charge in [0.05, 0.1) is 30.1 Å². The first kappa shape index (κ1) is 30.9. The largest absolute Gasteiger partial charge is 0.494 e. The van der Waals surface area contributed by atoms with Gasteiger partial charge in [-0.1, -0.05) is 11.6 Å². The number of pyridine rings is 2. The molecule has 0 aliphatic carbocycles. The molecule has 3 heterocycles. The van der Waals surface area contributed by atoms with E-state index >= 15 is 4.39 Å². The Morgan fingerprint density at radius 3 is 2.45 bits per heavy atom. The normalized spacial score (nSPS) is 17.5. The highest BCUT2D eigenvalue weighted by atomic mass is 35.5. The van der Waals surface area contributed by atoms with Crippen molar-refractivity contribution in [1.82, 2.24) is 15.3 Å². The maximum absolute atomic E-state index is 15.7. The van der Waals surface area contributed by atoms with Gasteiger partial charge in [-0.3, -0.25) is 9.59 Å². The van der Waals surface area contributed by atoms with E-state index in [-0.39, 0.29) is 21.9 Å². The minimum absolute atomic E-state index is 0.0162. The van der Waals surface area contributed by atoms with Crippen molar-refractivity contribution in [1.29, 1.82) is 0 Å². The molecular weight excluding hydrogens is 615 g/mol. The molecule has 5 rings (SSSR count). The first-order valence-electron chi connectivity index (χ1n) is 12.7. The van der Waals surface area contributed by atoms with Gasteiger partial charge in [0.1, 0.15) is 29.4 Å². The number of nitrogens with two attached hydrogens (primary N) is 1. The number of aliphatic hydroxyl groups is 1. The number of primary amides is 1. The fourth-order valence-electron chi connectivity index (χ4n) is 4.70. The number of methoxy groups -OCH3 is 1. The minimum atomic E-state index is -5.50. The molecule has 1 unspecified atom stereocenters. The Morgan fingerprint density at radius 2 is 1.84 bits per heavy atom. The number of carbonyl (C=O) groups excluding carboxylic acids is 2. The molecule has 1 aliphatic rings. The van der Waals surface area contributed by atoms with Crippen molar-refractivity contribution in [3.05, 3.63) is 81.9 Å². The Balaban J connectivity index is 1.59. The molecule has 2 amide bonds. The summed E-state index contributed by atoms with van der Waals surface area (Å²) in [5.74, 6) is -3.58. The van der Waals surface area contributed by atoms with Crippen LogP contribution in [0.15, 0.2) is 48.5 Å². The Hall–Kier alpha value is -4.56. The van der Waals surface area contributed by atoms with Gasteiger partial charge in [0, 0.05) is 22.1 Å². The van der Waals surface area contributed by atoms with Crippen LogP contribution in [-0.4, -0.2) is 53.3 Å². The van der Waals surface area contributed by atoms with Crippen molar-refractivity contribution in [2.75, 3.05) is 20.3 Å². The highest BCUT2D eigenvalue weighted by Crippen LogP contribution is 2.48. The second-order valence-corrected chi connectivity index (χ2v) is 10.4. The van der Waals surface area contributed by atoms with Gasteiger partial charge < -0.3 is 25.6 Å². The van der Waals surface area contributed by atoms with Crippen molar-refractivity contribution in [3.8, 4) is 22.8 Å². The maximum Gasteiger partial charge on any atom is 0.424 e. The molecule has 0 spiro atoms. The molecule has 0 fully saturated rings. The van der Waals surface area contributed by atoms with Crippen LogP contribution in [0.3, 0.4) is 0 Å². The van der Waals surface area contributed by atoms with Crippen LogP contribution in [0.2, 0.25) is 5.02 Å². The third kappa shape index (κ3) is 5.13. The molecule has 4 N–H and O–H groups in total. The monoisotopic (exact) mass is 636 g/mol. The number of hydrogen-bond donors (Lipinski definition) is 3. The van der Waals surface area contributed by atoms with Gasteiger partial charge in [0.25, 0.3) is 17.5 Å². The third-order valence-corrected chi connectivity index (χ3v) is 7.60. The minimum Gasteiger partial charge on any atom is -0.494 e. The zero-order valence-electron chi connectivity index (χ0n) is 22.9. The molecule has 15 heteroatoms. The van der Waals surface area contributed by atoms with Crippen molar-refractivity contribution in [3.63, 3.8) is 0 Å². The summed E-state index contributed by atoms with van der Waals surface area (Å²) < 4.78 is 83.6. The SMILES string of the molecule is COc1cc(C(=O)NC[C@](O)(c2cc3c(c(-c4ccc(F)cc4)n2)OCC3(F)C(N)=O)C(F)(F)F)cc2cc(Cl)c(C)nc12. The van der Waals surface area contributed by atoms with Gasteiger partial charge in [0.15, 0.2) is 5.75 Å². The molecule has 2 aromatic heterocycles. The van der Waals surface area contributed by atoms with Gasteiger partial charge in [-0.05, 0) is 55.5 Å². The van der Waals surface area contributed by atoms with Crippen molar-refractivity contribution < 1.29 is 46.1 Å². The lowest BCUT2D eigenvalue weighted by atomic mass is 9.90. The highest BCUT2D eigenvalue weighted by molar-refractivity contribution is 6.31. The zero-order valence-corrected chi connectivity index (χ0v) is 23.6. The van der Waals surface area contributed by atoms with E-state index in [2.05, 4.69) is 9.97 Å². The van der Waals surface area contributed by atoms with Crippen LogP contribution in [0, 0.1) is 12.7 Å².